The molecule has 3 aromatic rings. The van der Waals surface area contributed by atoms with Crippen LogP contribution in [0.1, 0.15) is 54.5 Å². The molecule has 8 heteroatoms. The lowest BCUT2D eigenvalue weighted by Gasteiger charge is -2.41. The molecule has 1 N–H and O–H groups in total. The molecule has 1 fully saturated rings. The van der Waals surface area contributed by atoms with Crippen molar-refractivity contribution in [2.45, 2.75) is 44.8 Å². The molecule has 2 aromatic heterocycles. The van der Waals surface area contributed by atoms with Crippen molar-refractivity contribution < 1.29 is 9.21 Å². The van der Waals surface area contributed by atoms with Crippen molar-refractivity contribution in [3.63, 3.8) is 0 Å². The van der Waals surface area contributed by atoms with Crippen LogP contribution in [0.15, 0.2) is 53.6 Å². The molecule has 1 aliphatic heterocycles. The number of carbonyl (C=O) groups excluding carboxylic acids is 1. The van der Waals surface area contributed by atoms with E-state index in [4.69, 9.17) is 9.52 Å². The maximum absolute atomic E-state index is 12.4. The van der Waals surface area contributed by atoms with Crippen LogP contribution in [0.25, 0.3) is 5.69 Å². The minimum atomic E-state index is -0.249. The highest BCUT2D eigenvalue weighted by atomic mass is 16.3. The van der Waals surface area contributed by atoms with E-state index in [9.17, 15) is 10.1 Å². The molecule has 8 nitrogen and oxygen atoms in total. The van der Waals surface area contributed by atoms with E-state index in [1.54, 1.807) is 10.9 Å². The standard InChI is InChI=1S/C22H24N6O2/c1-15(2)27-9-8-17(25-22(29)19-13-30-14-24-19)10-20(27)21-16(11-23)12-28(26-21)18-6-4-3-5-7-18/h3-7,12-15,17,20H,8-10H2,1-2H3,(H,25,29). The predicted molar refractivity (Wildman–Crippen MR) is 110 cm³/mol. The molecule has 0 spiro atoms. The van der Waals surface area contributed by atoms with Gasteiger partial charge in [0.05, 0.1) is 23.0 Å². The normalized spacial score (nSPS) is 19.5. The fourth-order valence-corrected chi connectivity index (χ4v) is 4.02. The number of carbonyl (C=O) groups is 1. The van der Waals surface area contributed by atoms with Crippen molar-refractivity contribution in [3.8, 4) is 11.8 Å². The summed E-state index contributed by atoms with van der Waals surface area (Å²) in [5.41, 5.74) is 2.47. The monoisotopic (exact) mass is 404 g/mol. The van der Waals surface area contributed by atoms with Crippen molar-refractivity contribution in [1.29, 1.82) is 5.26 Å². The molecule has 1 aliphatic rings. The van der Waals surface area contributed by atoms with Crippen LogP contribution >= 0.6 is 0 Å². The highest BCUT2D eigenvalue weighted by molar-refractivity contribution is 5.92. The fourth-order valence-electron chi connectivity index (χ4n) is 4.02. The maximum Gasteiger partial charge on any atom is 0.273 e. The number of hydrogen-bond acceptors (Lipinski definition) is 6. The van der Waals surface area contributed by atoms with Crippen LogP contribution in [0.4, 0.5) is 0 Å². The summed E-state index contributed by atoms with van der Waals surface area (Å²) in [6.07, 6.45) is 5.85. The number of amides is 1. The molecule has 0 saturated carbocycles. The van der Waals surface area contributed by atoms with Crippen LogP contribution in [-0.2, 0) is 0 Å². The van der Waals surface area contributed by atoms with Gasteiger partial charge in [0, 0.05) is 24.8 Å². The number of rotatable bonds is 5. The molecule has 1 aromatic carbocycles. The van der Waals surface area contributed by atoms with Gasteiger partial charge in [-0.25, -0.2) is 9.67 Å². The Hall–Kier alpha value is -3.44. The topological polar surface area (TPSA) is 100.0 Å². The number of nitrogens with zero attached hydrogens (tertiary/aromatic N) is 5. The summed E-state index contributed by atoms with van der Waals surface area (Å²) in [6, 6.07) is 12.2. The third-order valence-electron chi connectivity index (χ3n) is 5.51. The summed E-state index contributed by atoms with van der Waals surface area (Å²) in [4.78, 5) is 18.7. The predicted octanol–water partition coefficient (Wildman–Crippen LogP) is 3.08. The molecule has 3 heterocycles. The second kappa shape index (κ2) is 8.51. The van der Waals surface area contributed by atoms with Crippen LogP contribution < -0.4 is 5.32 Å². The number of aromatic nitrogens is 3. The zero-order valence-electron chi connectivity index (χ0n) is 17.0. The quantitative estimate of drug-likeness (QED) is 0.701. The van der Waals surface area contributed by atoms with Gasteiger partial charge in [0.2, 0.25) is 0 Å². The number of hydrogen-bond donors (Lipinski definition) is 1. The number of piperidine rings is 1. The largest absolute Gasteiger partial charge is 0.451 e. The van der Waals surface area contributed by atoms with Gasteiger partial charge < -0.3 is 9.73 Å². The van der Waals surface area contributed by atoms with Crippen LogP contribution in [0.3, 0.4) is 0 Å². The fraction of sp³-hybridized carbons (Fsp3) is 0.364. The van der Waals surface area contributed by atoms with Crippen molar-refractivity contribution in [2.75, 3.05) is 6.54 Å². The van der Waals surface area contributed by atoms with Gasteiger partial charge in [0.25, 0.3) is 5.91 Å². The summed E-state index contributed by atoms with van der Waals surface area (Å²) < 4.78 is 6.66. The second-order valence-electron chi connectivity index (χ2n) is 7.74. The Bertz CT molecular complexity index is 1040. The number of para-hydroxylation sites is 1. The zero-order chi connectivity index (χ0) is 21.1. The highest BCUT2D eigenvalue weighted by Crippen LogP contribution is 2.34. The van der Waals surface area contributed by atoms with Crippen molar-refractivity contribution in [1.82, 2.24) is 25.0 Å². The van der Waals surface area contributed by atoms with Gasteiger partial charge in [-0.2, -0.15) is 10.4 Å². The van der Waals surface area contributed by atoms with Crippen LogP contribution in [0.5, 0.6) is 0 Å². The first-order valence-corrected chi connectivity index (χ1v) is 10.1. The Labute approximate surface area is 175 Å². The number of likely N-dealkylation sites (tertiary alicyclic amines) is 1. The van der Waals surface area contributed by atoms with Crippen molar-refractivity contribution >= 4 is 5.91 Å². The zero-order valence-corrected chi connectivity index (χ0v) is 17.0. The summed E-state index contributed by atoms with van der Waals surface area (Å²) in [5, 5.41) is 17.6. The molecule has 2 unspecified atom stereocenters. The molecule has 0 bridgehead atoms. The Balaban J connectivity index is 1.61. The third-order valence-corrected chi connectivity index (χ3v) is 5.51. The van der Waals surface area contributed by atoms with Gasteiger partial charge in [-0.15, -0.1) is 0 Å². The average Bonchev–Trinajstić information content (AvgIpc) is 3.44. The molecule has 4 rings (SSSR count). The smallest absolute Gasteiger partial charge is 0.273 e. The van der Waals surface area contributed by atoms with E-state index >= 15 is 0 Å². The Morgan fingerprint density at radius 1 is 1.33 bits per heavy atom. The molecular weight excluding hydrogens is 380 g/mol. The SMILES string of the molecule is CC(C)N1CCC(NC(=O)c2cocn2)CC1c1nn(-c2ccccc2)cc1C#N. The highest BCUT2D eigenvalue weighted by Gasteiger charge is 2.35. The van der Waals surface area contributed by atoms with E-state index in [1.807, 2.05) is 30.3 Å². The van der Waals surface area contributed by atoms with Crippen LogP contribution in [0, 0.1) is 11.3 Å². The molecule has 0 aliphatic carbocycles. The molecule has 2 atom stereocenters. The molecule has 1 saturated heterocycles. The van der Waals surface area contributed by atoms with Crippen LogP contribution in [-0.4, -0.2) is 44.2 Å². The third kappa shape index (κ3) is 3.98. The summed E-state index contributed by atoms with van der Waals surface area (Å²) >= 11 is 0. The first-order valence-electron chi connectivity index (χ1n) is 10.1. The van der Waals surface area contributed by atoms with Crippen LogP contribution in [0.2, 0.25) is 0 Å². The summed E-state index contributed by atoms with van der Waals surface area (Å²) in [6.45, 7) is 5.08. The number of oxazole rings is 1. The lowest BCUT2D eigenvalue weighted by molar-refractivity contribution is 0.0759. The minimum absolute atomic E-state index is 0.0392. The molecule has 30 heavy (non-hydrogen) atoms. The number of nitriles is 1. The van der Waals surface area contributed by atoms with E-state index in [0.29, 0.717) is 12.0 Å². The van der Waals surface area contributed by atoms with Gasteiger partial charge in [0.1, 0.15) is 12.3 Å². The lowest BCUT2D eigenvalue weighted by Crippen LogP contribution is -2.48. The summed E-state index contributed by atoms with van der Waals surface area (Å²) in [7, 11) is 0. The van der Waals surface area contributed by atoms with E-state index in [0.717, 1.165) is 24.3 Å². The summed E-state index contributed by atoms with van der Waals surface area (Å²) in [5.74, 6) is -0.249. The van der Waals surface area contributed by atoms with Gasteiger partial charge in [-0.3, -0.25) is 9.69 Å². The van der Waals surface area contributed by atoms with Gasteiger partial charge in [-0.1, -0.05) is 18.2 Å². The van der Waals surface area contributed by atoms with E-state index in [2.05, 4.69) is 35.1 Å². The molecule has 154 valence electrons. The van der Waals surface area contributed by atoms with E-state index in [1.165, 1.54) is 12.7 Å². The Morgan fingerprint density at radius 3 is 2.80 bits per heavy atom. The second-order valence-corrected chi connectivity index (χ2v) is 7.74. The maximum atomic E-state index is 12.4. The Kier molecular flexibility index (Phi) is 5.63. The Morgan fingerprint density at radius 2 is 2.13 bits per heavy atom. The first kappa shape index (κ1) is 19.9. The minimum Gasteiger partial charge on any atom is -0.451 e. The van der Waals surface area contributed by atoms with Gasteiger partial charge >= 0.3 is 0 Å². The molecular formula is C22H24N6O2. The number of nitrogens with one attached hydrogen (secondary N) is 1. The number of benzene rings is 1. The van der Waals surface area contributed by atoms with E-state index in [-0.39, 0.29) is 29.7 Å². The van der Waals surface area contributed by atoms with Gasteiger partial charge in [-0.05, 0) is 38.8 Å². The van der Waals surface area contributed by atoms with Crippen molar-refractivity contribution in [3.05, 3.63) is 66.1 Å². The molecule has 0 radical (unpaired) electrons. The molecule has 1 amide bonds. The van der Waals surface area contributed by atoms with E-state index < -0.39 is 0 Å². The first-order chi connectivity index (χ1) is 14.6. The average molecular weight is 404 g/mol. The lowest BCUT2D eigenvalue weighted by atomic mass is 9.92. The van der Waals surface area contributed by atoms with Crippen molar-refractivity contribution in [2.24, 2.45) is 0 Å². The van der Waals surface area contributed by atoms with Gasteiger partial charge in [0.15, 0.2) is 12.1 Å².